The van der Waals surface area contributed by atoms with Crippen molar-refractivity contribution in [2.24, 2.45) is 0 Å². The summed E-state index contributed by atoms with van der Waals surface area (Å²) in [5, 5.41) is 11.3. The maximum atomic E-state index is 12.0. The van der Waals surface area contributed by atoms with Gasteiger partial charge in [0.2, 0.25) is 0 Å². The number of anilines is 2. The molecular formula is C24H22N4O4S2. The Labute approximate surface area is 207 Å². The Morgan fingerprint density at radius 1 is 0.588 bits per heavy atom. The molecule has 0 heterocycles. The highest BCUT2D eigenvalue weighted by molar-refractivity contribution is 7.80. The number of hydrogen-bond donors (Lipinski definition) is 4. The quantitative estimate of drug-likeness (QED) is 0.353. The number of carbonyl (C=O) groups excluding carboxylic acids is 2. The predicted molar refractivity (Wildman–Crippen MR) is 139 cm³/mol. The molecule has 0 radical (unpaired) electrons. The lowest BCUT2D eigenvalue weighted by Gasteiger charge is -2.11. The van der Waals surface area contributed by atoms with Gasteiger partial charge in [-0.05, 0) is 73.0 Å². The summed E-state index contributed by atoms with van der Waals surface area (Å²) in [5.41, 5.74) is 1.54. The zero-order chi connectivity index (χ0) is 24.2. The van der Waals surface area contributed by atoms with Crippen LogP contribution in [-0.2, 0) is 9.59 Å². The molecule has 10 heteroatoms. The molecule has 8 nitrogen and oxygen atoms in total. The molecule has 0 aliphatic rings. The van der Waals surface area contributed by atoms with Gasteiger partial charge in [0, 0.05) is 11.4 Å². The molecule has 0 aromatic heterocycles. The van der Waals surface area contributed by atoms with Gasteiger partial charge in [0.05, 0.1) is 0 Å². The zero-order valence-electron chi connectivity index (χ0n) is 17.9. The highest BCUT2D eigenvalue weighted by atomic mass is 32.1. The predicted octanol–water partition coefficient (Wildman–Crippen LogP) is 3.47. The fraction of sp³-hybridized carbons (Fsp3) is 0.0833. The molecule has 174 valence electrons. The number of nitrogens with one attached hydrogen (secondary N) is 4. The first-order valence-electron chi connectivity index (χ1n) is 10.2. The van der Waals surface area contributed by atoms with Gasteiger partial charge in [-0.15, -0.1) is 0 Å². The monoisotopic (exact) mass is 494 g/mol. The van der Waals surface area contributed by atoms with Crippen molar-refractivity contribution in [1.29, 1.82) is 0 Å². The Morgan fingerprint density at radius 3 is 1.29 bits per heavy atom. The molecule has 2 amide bonds. The van der Waals surface area contributed by atoms with Crippen molar-refractivity contribution in [2.45, 2.75) is 0 Å². The summed E-state index contributed by atoms with van der Waals surface area (Å²) in [7, 11) is 0. The number of thiocarbonyl (C=S) groups is 2. The standard InChI is InChI=1S/C24H22N4O4S2/c29-21(27-23(33)25-17-7-3-1-4-8-17)15-31-19-11-13-20(14-12-19)32-16-22(30)28-24(34)26-18-9-5-2-6-10-18/h1-14H,15-16H2,(H2,25,27,29,33)(H2,26,28,30,34). The minimum Gasteiger partial charge on any atom is -0.484 e. The number of rotatable bonds is 8. The van der Waals surface area contributed by atoms with Crippen LogP contribution >= 0.6 is 24.4 Å². The van der Waals surface area contributed by atoms with E-state index in [9.17, 15) is 9.59 Å². The van der Waals surface area contributed by atoms with E-state index in [2.05, 4.69) is 21.3 Å². The van der Waals surface area contributed by atoms with E-state index in [0.717, 1.165) is 11.4 Å². The SMILES string of the molecule is O=C(COc1ccc(OCC(=O)NC(=S)Nc2ccccc2)cc1)NC(=S)Nc1ccccc1. The van der Waals surface area contributed by atoms with E-state index in [0.29, 0.717) is 11.5 Å². The van der Waals surface area contributed by atoms with E-state index < -0.39 is 11.8 Å². The first kappa shape index (κ1) is 24.6. The van der Waals surface area contributed by atoms with Crippen LogP contribution in [0.5, 0.6) is 11.5 Å². The Hall–Kier alpha value is -4.02. The number of carbonyl (C=O) groups is 2. The van der Waals surface area contributed by atoms with Crippen molar-refractivity contribution >= 4 is 57.8 Å². The molecular weight excluding hydrogens is 472 g/mol. The summed E-state index contributed by atoms with van der Waals surface area (Å²) in [5.74, 6) is 0.125. The van der Waals surface area contributed by atoms with Crippen LogP contribution in [0.1, 0.15) is 0 Å². The molecule has 0 aliphatic heterocycles. The molecule has 3 rings (SSSR count). The van der Waals surface area contributed by atoms with Gasteiger partial charge in [-0.25, -0.2) is 0 Å². The molecule has 0 saturated heterocycles. The van der Waals surface area contributed by atoms with E-state index in [4.69, 9.17) is 33.9 Å². The Kier molecular flexibility index (Phi) is 9.32. The molecule has 0 aliphatic carbocycles. The van der Waals surface area contributed by atoms with Crippen LogP contribution in [0.3, 0.4) is 0 Å². The lowest BCUT2D eigenvalue weighted by Crippen LogP contribution is -2.37. The molecule has 4 N–H and O–H groups in total. The van der Waals surface area contributed by atoms with E-state index in [-0.39, 0.29) is 23.4 Å². The Morgan fingerprint density at radius 2 is 0.941 bits per heavy atom. The normalized spacial score (nSPS) is 9.88. The second kappa shape index (κ2) is 12.9. The Bertz CT molecular complexity index is 1040. The van der Waals surface area contributed by atoms with Gasteiger partial charge < -0.3 is 20.1 Å². The van der Waals surface area contributed by atoms with Crippen LogP contribution < -0.4 is 30.7 Å². The third-order valence-corrected chi connectivity index (χ3v) is 4.54. The van der Waals surface area contributed by atoms with Crippen LogP contribution in [0.15, 0.2) is 84.9 Å². The zero-order valence-corrected chi connectivity index (χ0v) is 19.6. The number of ether oxygens (including phenoxy) is 2. The lowest BCUT2D eigenvalue weighted by molar-refractivity contribution is -0.122. The Balaban J connectivity index is 1.35. The third kappa shape index (κ3) is 8.85. The second-order valence-electron chi connectivity index (χ2n) is 6.79. The van der Waals surface area contributed by atoms with Gasteiger partial charge in [0.25, 0.3) is 11.8 Å². The molecule has 0 spiro atoms. The molecule has 0 unspecified atom stereocenters. The van der Waals surface area contributed by atoms with Crippen LogP contribution in [0.25, 0.3) is 0 Å². The molecule has 0 saturated carbocycles. The van der Waals surface area contributed by atoms with Gasteiger partial charge in [-0.1, -0.05) is 36.4 Å². The van der Waals surface area contributed by atoms with Crippen LogP contribution in [0.2, 0.25) is 0 Å². The largest absolute Gasteiger partial charge is 0.484 e. The second-order valence-corrected chi connectivity index (χ2v) is 7.60. The number of hydrogen-bond acceptors (Lipinski definition) is 6. The first-order chi connectivity index (χ1) is 16.5. The summed E-state index contributed by atoms with van der Waals surface area (Å²) >= 11 is 10.2. The lowest BCUT2D eigenvalue weighted by atomic mass is 10.3. The molecule has 34 heavy (non-hydrogen) atoms. The first-order valence-corrected chi connectivity index (χ1v) is 11.0. The van der Waals surface area contributed by atoms with Gasteiger partial charge >= 0.3 is 0 Å². The van der Waals surface area contributed by atoms with E-state index in [1.165, 1.54) is 0 Å². The van der Waals surface area contributed by atoms with Crippen molar-refractivity contribution in [2.75, 3.05) is 23.8 Å². The highest BCUT2D eigenvalue weighted by Crippen LogP contribution is 2.17. The topological polar surface area (TPSA) is 101 Å². The summed E-state index contributed by atoms with van der Waals surface area (Å²) < 4.78 is 10.9. The van der Waals surface area contributed by atoms with Crippen molar-refractivity contribution in [3.63, 3.8) is 0 Å². The van der Waals surface area contributed by atoms with Crippen molar-refractivity contribution < 1.29 is 19.1 Å². The molecule has 3 aromatic carbocycles. The molecule has 0 fully saturated rings. The minimum atomic E-state index is -0.398. The average Bonchev–Trinajstić information content (AvgIpc) is 2.83. The van der Waals surface area contributed by atoms with E-state index in [1.54, 1.807) is 24.3 Å². The number of amides is 2. The minimum absolute atomic E-state index is 0.181. The van der Waals surface area contributed by atoms with Crippen LogP contribution in [0.4, 0.5) is 11.4 Å². The van der Waals surface area contributed by atoms with Gasteiger partial charge in [-0.2, -0.15) is 0 Å². The maximum absolute atomic E-state index is 12.0. The third-order valence-electron chi connectivity index (χ3n) is 4.13. The average molecular weight is 495 g/mol. The molecule has 0 bridgehead atoms. The fourth-order valence-corrected chi connectivity index (χ4v) is 3.09. The van der Waals surface area contributed by atoms with Gasteiger partial charge in [0.15, 0.2) is 23.4 Å². The maximum Gasteiger partial charge on any atom is 0.264 e. The van der Waals surface area contributed by atoms with Gasteiger partial charge in [-0.3, -0.25) is 20.2 Å². The van der Waals surface area contributed by atoms with Crippen LogP contribution in [-0.4, -0.2) is 35.3 Å². The summed E-state index contributed by atoms with van der Waals surface area (Å²) in [6.07, 6.45) is 0. The number of para-hydroxylation sites is 2. The van der Waals surface area contributed by atoms with Crippen molar-refractivity contribution in [3.8, 4) is 11.5 Å². The smallest absolute Gasteiger partial charge is 0.264 e. The molecule has 3 aromatic rings. The van der Waals surface area contributed by atoms with Crippen molar-refractivity contribution in [1.82, 2.24) is 10.6 Å². The summed E-state index contributed by atoms with van der Waals surface area (Å²) in [6.45, 7) is -0.434. The fourth-order valence-electron chi connectivity index (χ4n) is 2.62. The number of benzene rings is 3. The molecule has 0 atom stereocenters. The van der Waals surface area contributed by atoms with E-state index >= 15 is 0 Å². The van der Waals surface area contributed by atoms with Crippen LogP contribution in [0, 0.1) is 0 Å². The summed E-state index contributed by atoms with van der Waals surface area (Å²) in [4.78, 5) is 24.0. The summed E-state index contributed by atoms with van der Waals surface area (Å²) in [6, 6.07) is 25.0. The van der Waals surface area contributed by atoms with Gasteiger partial charge in [0.1, 0.15) is 11.5 Å². The highest BCUT2D eigenvalue weighted by Gasteiger charge is 2.08. The van der Waals surface area contributed by atoms with Crippen molar-refractivity contribution in [3.05, 3.63) is 84.9 Å². The van der Waals surface area contributed by atoms with E-state index in [1.807, 2.05) is 60.7 Å².